The third-order valence-electron chi connectivity index (χ3n) is 3.84. The van der Waals surface area contributed by atoms with Gasteiger partial charge >= 0.3 is 11.9 Å². The lowest BCUT2D eigenvalue weighted by atomic mass is 9.80. The molecule has 0 aromatic rings. The number of rotatable bonds is 11. The lowest BCUT2D eigenvalue weighted by molar-refractivity contribution is -0.259. The van der Waals surface area contributed by atoms with Gasteiger partial charge in [-0.15, -0.1) is 0 Å². The minimum Gasteiger partial charge on any atom is -0.462 e. The molecule has 0 amide bonds. The van der Waals surface area contributed by atoms with Gasteiger partial charge < -0.3 is 19.9 Å². The Hall–Kier alpha value is -1.22. The van der Waals surface area contributed by atoms with Crippen molar-refractivity contribution in [1.82, 2.24) is 10.1 Å². The summed E-state index contributed by atoms with van der Waals surface area (Å²) in [4.78, 5) is 27.9. The Morgan fingerprint density at radius 1 is 0.778 bits per heavy atom. The van der Waals surface area contributed by atoms with E-state index >= 15 is 0 Å². The first-order chi connectivity index (χ1) is 33.5. The number of hydroxylamine groups is 4. The third kappa shape index (κ3) is 8.67. The van der Waals surface area contributed by atoms with Crippen LogP contribution in [0.5, 0.6) is 0 Å². The summed E-state index contributed by atoms with van der Waals surface area (Å²) in [5, 5.41) is 20.0. The Morgan fingerprint density at radius 3 is 1.56 bits per heavy atom. The van der Waals surface area contributed by atoms with E-state index in [9.17, 15) is 20.0 Å². The maximum absolute atomic E-state index is 14.0. The Bertz CT molecular complexity index is 2280. The lowest BCUT2D eigenvalue weighted by Gasteiger charge is -2.50. The molecular formula is C28H52N2O6. The van der Waals surface area contributed by atoms with Gasteiger partial charge in [0.25, 0.3) is 0 Å². The van der Waals surface area contributed by atoms with E-state index < -0.39 is 174 Å². The first-order valence-corrected chi connectivity index (χ1v) is 9.31. The summed E-state index contributed by atoms with van der Waals surface area (Å²) in [7, 11) is 0. The SMILES string of the molecule is [2H]C([2H])C1(C)N(O)C(C)(C([2H])([2H])[2H])C([2H])([2H])C([2H])(OC(=O)C([2H])([2H])C([2H])([2H])C([2H])([2H])C([2H])([2H])C([2H])([2H])C([2H])([2H])C([2H])([2H])C([2H])([2H])C(=O)OC2([2H])C([2H])([2H])C(C([2H])([2H])[2H])(C([2H])([2H])[2H])N(O)C(C([2H])([2H])[2H])(C([2H])([2H])[2H])C2([2H])[2H])C1([2H])[2H]. The van der Waals surface area contributed by atoms with E-state index in [2.05, 4.69) is 9.47 Å². The van der Waals surface area contributed by atoms with Crippen molar-refractivity contribution in [1.29, 1.82) is 0 Å². The molecule has 8 heteroatoms. The number of hydrogen-bond acceptors (Lipinski definition) is 8. The van der Waals surface area contributed by atoms with Crippen LogP contribution in [0, 0.1) is 0 Å². The van der Waals surface area contributed by atoms with Crippen LogP contribution in [0.1, 0.15) is 190 Å². The number of nitrogens with zero attached hydrogens (tertiary/aromatic N) is 2. The summed E-state index contributed by atoms with van der Waals surface area (Å²) in [5.74, 6) is -6.84. The molecule has 2 aliphatic rings. The van der Waals surface area contributed by atoms with Crippen molar-refractivity contribution in [3.63, 3.8) is 0 Å². The standard InChI is InChI=1S/C28H52N2O6/c1-25(2)17-21(18-26(3,4)29(25)33)35-23(31)15-13-11-9-10-12-14-16-24(32)36-22-19-27(5,6)30(34)28(7,8)20-22/h21-22,33-34H,9-20H2,1-8H3/i1D2,3D3,5D3,6D3,7D3,8D3,9D2,10D2,11D2,12D2,13D2,14D2,15D2,16D2,17D2,18D2,19D2,20D2,21D,22D. The molecule has 3 unspecified atom stereocenters. The van der Waals surface area contributed by atoms with E-state index in [1.54, 1.807) is 0 Å². The predicted molar refractivity (Wildman–Crippen MR) is 139 cm³/mol. The third-order valence-corrected chi connectivity index (χ3v) is 3.84. The molecule has 2 N–H and O–H groups in total. The molecule has 2 rings (SSSR count). The molecule has 0 bridgehead atoms. The first kappa shape index (κ1) is 6.39. The van der Waals surface area contributed by atoms with Gasteiger partial charge in [-0.1, -0.05) is 25.5 Å². The second kappa shape index (κ2) is 12.1. The number of carbonyl (C=O) groups excluding carboxylic acids is 2. The molecule has 0 aromatic heterocycles. The zero-order chi connectivity index (χ0) is 64.8. The lowest BCUT2D eigenvalue weighted by Crippen LogP contribution is -2.60. The van der Waals surface area contributed by atoms with Gasteiger partial charge in [0, 0.05) is 117 Å². The number of ether oxygens (including phenoxy) is 2. The number of carbonyl (C=O) groups is 2. The minimum atomic E-state index is -5.63. The normalized spacial score (nSPS) is 62.4. The Morgan fingerprint density at radius 2 is 1.14 bits per heavy atom. The molecule has 0 aliphatic carbocycles. The smallest absolute Gasteiger partial charge is 0.306 e. The molecule has 2 fully saturated rings. The van der Waals surface area contributed by atoms with E-state index in [0.29, 0.717) is 6.92 Å². The molecule has 0 aromatic carbocycles. The van der Waals surface area contributed by atoms with Crippen LogP contribution in [0.2, 0.25) is 0 Å². The van der Waals surface area contributed by atoms with E-state index in [1.807, 2.05) is 0 Å². The fourth-order valence-electron chi connectivity index (χ4n) is 2.40. The van der Waals surface area contributed by atoms with E-state index in [1.165, 1.54) is 0 Å². The molecular weight excluding hydrogens is 460 g/mol. The van der Waals surface area contributed by atoms with Gasteiger partial charge in [-0.25, -0.2) is 0 Å². The highest BCUT2D eigenvalue weighted by atomic mass is 16.6. The molecule has 2 heterocycles. The summed E-state index contributed by atoms with van der Waals surface area (Å²) < 4.78 is 366. The highest BCUT2D eigenvalue weighted by Crippen LogP contribution is 2.39. The monoisotopic (exact) mass is 556 g/mol. The van der Waals surface area contributed by atoms with Crippen LogP contribution in [-0.2, 0) is 19.1 Å². The van der Waals surface area contributed by atoms with Gasteiger partial charge in [0.05, 0.1) is 2.74 Å². The largest absolute Gasteiger partial charge is 0.462 e. The molecule has 2 aliphatic heterocycles. The van der Waals surface area contributed by atoms with Crippen LogP contribution < -0.4 is 0 Å². The van der Waals surface area contributed by atoms with Gasteiger partial charge in [-0.3, -0.25) is 9.59 Å². The van der Waals surface area contributed by atoms with Crippen molar-refractivity contribution in [2.24, 2.45) is 0 Å². The van der Waals surface area contributed by atoms with Crippen LogP contribution >= 0.6 is 0 Å². The maximum Gasteiger partial charge on any atom is 0.306 e. The number of hydrogen-bond donors (Lipinski definition) is 2. The number of esters is 2. The van der Waals surface area contributed by atoms with Gasteiger partial charge in [-0.05, 0) is 67.7 Å². The van der Waals surface area contributed by atoms with Crippen molar-refractivity contribution in [2.45, 2.75) is 166 Å². The average molecular weight is 556 g/mol. The van der Waals surface area contributed by atoms with Crippen LogP contribution in [-0.4, -0.2) is 66.8 Å². The molecule has 210 valence electrons. The van der Waals surface area contributed by atoms with Crippen LogP contribution in [0.15, 0.2) is 0 Å². The second-order valence-electron chi connectivity index (χ2n) is 7.20. The topological polar surface area (TPSA) is 99.5 Å². The van der Waals surface area contributed by atoms with Crippen molar-refractivity contribution in [3.05, 3.63) is 0 Å². The van der Waals surface area contributed by atoms with Gasteiger partial charge in [0.2, 0.25) is 0 Å². The predicted octanol–water partition coefficient (Wildman–Crippen LogP) is 6.02. The zero-order valence-corrected chi connectivity index (χ0v) is 18.5. The fraction of sp³-hybridized carbons (Fsp3) is 0.929. The average Bonchev–Trinajstić information content (AvgIpc) is 3.18. The Balaban J connectivity index is 3.04. The Kier molecular flexibility index (Phi) is 2.15. The van der Waals surface area contributed by atoms with E-state index in [4.69, 9.17) is 58.9 Å². The van der Waals surface area contributed by atoms with E-state index in [-0.39, 0.29) is 6.92 Å². The van der Waals surface area contributed by atoms with Crippen molar-refractivity contribution in [2.75, 3.05) is 0 Å². The summed E-state index contributed by atoms with van der Waals surface area (Å²) in [5.41, 5.74) is -18.0. The summed E-state index contributed by atoms with van der Waals surface area (Å²) in [6, 6.07) is 0. The second-order valence-corrected chi connectivity index (χ2v) is 7.20. The summed E-state index contributed by atoms with van der Waals surface area (Å²) >= 11 is 0. The molecule has 2 saturated heterocycles. The molecule has 0 spiro atoms. The quantitative estimate of drug-likeness (QED) is 0.299. The maximum atomic E-state index is 14.0. The molecule has 36 heavy (non-hydrogen) atoms. The summed E-state index contributed by atoms with van der Waals surface area (Å²) in [6.07, 6.45) is -73.4. The highest BCUT2D eigenvalue weighted by Gasteiger charge is 2.47. The Labute approximate surface area is 279 Å². The van der Waals surface area contributed by atoms with Crippen molar-refractivity contribution in [3.8, 4) is 0 Å². The van der Waals surface area contributed by atoms with Gasteiger partial charge in [-0.2, -0.15) is 10.1 Å². The fourth-order valence-corrected chi connectivity index (χ4v) is 2.40. The van der Waals surface area contributed by atoms with Gasteiger partial charge in [0.1, 0.15) is 12.2 Å². The van der Waals surface area contributed by atoms with Crippen LogP contribution in [0.4, 0.5) is 0 Å². The molecule has 8 nitrogen and oxygen atoms in total. The highest BCUT2D eigenvalue weighted by molar-refractivity contribution is 5.69. The molecule has 0 radical (unpaired) electrons. The van der Waals surface area contributed by atoms with Crippen LogP contribution in [0.3, 0.4) is 0 Å². The molecule has 3 atom stereocenters. The summed E-state index contributed by atoms with van der Waals surface area (Å²) in [6.45, 7) is -26.3. The number of piperidine rings is 2. The van der Waals surface area contributed by atoms with E-state index in [0.717, 1.165) is 0 Å². The minimum absolute atomic E-state index is 0.224. The van der Waals surface area contributed by atoms with Gasteiger partial charge in [0.15, 0.2) is 0 Å². The zero-order valence-electron chi connectivity index (χ0n) is 61.5. The van der Waals surface area contributed by atoms with Crippen molar-refractivity contribution < 1.29 is 88.4 Å². The van der Waals surface area contributed by atoms with Crippen molar-refractivity contribution >= 4 is 11.9 Å². The first-order valence-electron chi connectivity index (χ1n) is 31.0. The van der Waals surface area contributed by atoms with Crippen LogP contribution in [0.25, 0.3) is 0 Å². The molecule has 0 saturated carbocycles.